The Bertz CT molecular complexity index is 774. The number of aromatic amines is 1. The van der Waals surface area contributed by atoms with E-state index in [2.05, 4.69) is 15.3 Å². The van der Waals surface area contributed by atoms with Crippen LogP contribution >= 0.6 is 0 Å². The molecule has 0 saturated heterocycles. The predicted molar refractivity (Wildman–Crippen MR) is 89.5 cm³/mol. The fourth-order valence-corrected chi connectivity index (χ4v) is 2.31. The van der Waals surface area contributed by atoms with E-state index in [-0.39, 0.29) is 12.0 Å². The van der Waals surface area contributed by atoms with Gasteiger partial charge in [0.05, 0.1) is 23.7 Å². The van der Waals surface area contributed by atoms with E-state index < -0.39 is 0 Å². The molecule has 0 aliphatic rings. The largest absolute Gasteiger partial charge is 0.491 e. The van der Waals surface area contributed by atoms with E-state index in [1.54, 1.807) is 24.3 Å². The zero-order valence-electron chi connectivity index (χ0n) is 13.2. The van der Waals surface area contributed by atoms with E-state index in [4.69, 9.17) is 4.74 Å². The molecule has 0 aliphatic carbocycles. The standard InChI is InChI=1S/C18H19N3O2/c1-12(2)23-14-9-7-13(8-10-14)18(22)19-11-17-20-15-5-3-4-6-16(15)21-17/h3-10,12H,11H2,1-2H3,(H,19,22)(H,20,21). The van der Waals surface area contributed by atoms with Gasteiger partial charge in [-0.25, -0.2) is 4.98 Å². The topological polar surface area (TPSA) is 67.0 Å². The van der Waals surface area contributed by atoms with Gasteiger partial charge in [0.15, 0.2) is 0 Å². The van der Waals surface area contributed by atoms with Crippen LogP contribution in [0.5, 0.6) is 5.75 Å². The summed E-state index contributed by atoms with van der Waals surface area (Å²) in [7, 11) is 0. The van der Waals surface area contributed by atoms with E-state index in [0.29, 0.717) is 12.1 Å². The molecule has 2 N–H and O–H groups in total. The highest BCUT2D eigenvalue weighted by atomic mass is 16.5. The zero-order valence-corrected chi connectivity index (χ0v) is 13.2. The van der Waals surface area contributed by atoms with Gasteiger partial charge >= 0.3 is 0 Å². The molecule has 3 rings (SSSR count). The lowest BCUT2D eigenvalue weighted by molar-refractivity contribution is 0.0950. The maximum atomic E-state index is 12.2. The molecule has 118 valence electrons. The number of ether oxygens (including phenoxy) is 1. The van der Waals surface area contributed by atoms with Crippen molar-refractivity contribution in [3.63, 3.8) is 0 Å². The van der Waals surface area contributed by atoms with Gasteiger partial charge in [-0.2, -0.15) is 0 Å². The van der Waals surface area contributed by atoms with Crippen LogP contribution in [0.4, 0.5) is 0 Å². The van der Waals surface area contributed by atoms with Crippen molar-refractivity contribution in [2.75, 3.05) is 0 Å². The van der Waals surface area contributed by atoms with Gasteiger partial charge in [0.25, 0.3) is 5.91 Å². The van der Waals surface area contributed by atoms with Crippen LogP contribution in [0.1, 0.15) is 30.0 Å². The summed E-state index contributed by atoms with van der Waals surface area (Å²) in [6.07, 6.45) is 0.114. The molecule has 0 atom stereocenters. The van der Waals surface area contributed by atoms with Crippen molar-refractivity contribution in [2.45, 2.75) is 26.5 Å². The Morgan fingerprint density at radius 3 is 2.61 bits per heavy atom. The van der Waals surface area contributed by atoms with Crippen molar-refractivity contribution in [1.29, 1.82) is 0 Å². The minimum atomic E-state index is -0.137. The van der Waals surface area contributed by atoms with Gasteiger partial charge in [-0.1, -0.05) is 12.1 Å². The molecular formula is C18H19N3O2. The van der Waals surface area contributed by atoms with Crippen molar-refractivity contribution >= 4 is 16.9 Å². The monoisotopic (exact) mass is 309 g/mol. The minimum absolute atomic E-state index is 0.114. The average Bonchev–Trinajstić information content (AvgIpc) is 2.95. The average molecular weight is 309 g/mol. The van der Waals surface area contributed by atoms with Crippen molar-refractivity contribution in [2.24, 2.45) is 0 Å². The maximum Gasteiger partial charge on any atom is 0.251 e. The quantitative estimate of drug-likeness (QED) is 0.760. The molecule has 1 heterocycles. The highest BCUT2D eigenvalue weighted by molar-refractivity contribution is 5.94. The van der Waals surface area contributed by atoms with Crippen molar-refractivity contribution in [3.8, 4) is 5.75 Å². The Kier molecular flexibility index (Phi) is 4.28. The molecule has 23 heavy (non-hydrogen) atoms. The highest BCUT2D eigenvalue weighted by Gasteiger charge is 2.08. The molecule has 0 unspecified atom stereocenters. The SMILES string of the molecule is CC(C)Oc1ccc(C(=O)NCc2nc3ccccc3[nH]2)cc1. The molecule has 5 heteroatoms. The molecule has 2 aromatic carbocycles. The highest BCUT2D eigenvalue weighted by Crippen LogP contribution is 2.14. The summed E-state index contributed by atoms with van der Waals surface area (Å²) in [6.45, 7) is 4.29. The number of H-pyrrole nitrogens is 1. The van der Waals surface area contributed by atoms with E-state index in [1.165, 1.54) is 0 Å². The summed E-state index contributed by atoms with van der Waals surface area (Å²) in [6, 6.07) is 14.9. The predicted octanol–water partition coefficient (Wildman–Crippen LogP) is 3.28. The fourth-order valence-electron chi connectivity index (χ4n) is 2.31. The molecule has 0 aliphatic heterocycles. The van der Waals surface area contributed by atoms with Crippen LogP contribution in [0.2, 0.25) is 0 Å². The number of benzene rings is 2. The molecule has 1 amide bonds. The molecule has 0 radical (unpaired) electrons. The summed E-state index contributed by atoms with van der Waals surface area (Å²) in [5, 5.41) is 2.86. The number of nitrogens with one attached hydrogen (secondary N) is 2. The number of fused-ring (bicyclic) bond motifs is 1. The Labute approximate surface area is 134 Å². The van der Waals surface area contributed by atoms with E-state index in [1.807, 2.05) is 38.1 Å². The number of hydrogen-bond donors (Lipinski definition) is 2. The maximum absolute atomic E-state index is 12.2. The van der Waals surface area contributed by atoms with Gasteiger partial charge in [0.1, 0.15) is 11.6 Å². The lowest BCUT2D eigenvalue weighted by Gasteiger charge is -2.10. The van der Waals surface area contributed by atoms with Gasteiger partial charge < -0.3 is 15.0 Å². The van der Waals surface area contributed by atoms with E-state index >= 15 is 0 Å². The normalized spacial score (nSPS) is 10.9. The van der Waals surface area contributed by atoms with Crippen LogP contribution < -0.4 is 10.1 Å². The summed E-state index contributed by atoms with van der Waals surface area (Å²) in [5.41, 5.74) is 2.45. The number of para-hydroxylation sites is 2. The number of rotatable bonds is 5. The second kappa shape index (κ2) is 6.52. The summed E-state index contributed by atoms with van der Waals surface area (Å²) >= 11 is 0. The van der Waals surface area contributed by atoms with E-state index in [0.717, 1.165) is 22.6 Å². The second-order valence-electron chi connectivity index (χ2n) is 5.57. The summed E-state index contributed by atoms with van der Waals surface area (Å²) in [4.78, 5) is 19.8. The third kappa shape index (κ3) is 3.69. The van der Waals surface area contributed by atoms with Gasteiger partial charge in [-0.15, -0.1) is 0 Å². The van der Waals surface area contributed by atoms with Crippen molar-refractivity contribution < 1.29 is 9.53 Å². The van der Waals surface area contributed by atoms with E-state index in [9.17, 15) is 4.79 Å². The number of carbonyl (C=O) groups excluding carboxylic acids is 1. The van der Waals surface area contributed by atoms with Crippen LogP contribution in [-0.4, -0.2) is 22.0 Å². The molecule has 5 nitrogen and oxygen atoms in total. The molecular weight excluding hydrogens is 290 g/mol. The molecule has 3 aromatic rings. The number of amides is 1. The number of hydrogen-bond acceptors (Lipinski definition) is 3. The van der Waals surface area contributed by atoms with Crippen molar-refractivity contribution in [1.82, 2.24) is 15.3 Å². The first-order valence-corrected chi connectivity index (χ1v) is 7.60. The van der Waals surface area contributed by atoms with Crippen LogP contribution in [0.3, 0.4) is 0 Å². The lowest BCUT2D eigenvalue weighted by Crippen LogP contribution is -2.23. The molecule has 0 fully saturated rings. The van der Waals surface area contributed by atoms with Gasteiger partial charge in [-0.05, 0) is 50.2 Å². The van der Waals surface area contributed by atoms with Gasteiger partial charge in [0, 0.05) is 5.56 Å². The van der Waals surface area contributed by atoms with Crippen LogP contribution in [0.25, 0.3) is 11.0 Å². The fraction of sp³-hybridized carbons (Fsp3) is 0.222. The summed E-state index contributed by atoms with van der Waals surface area (Å²) < 4.78 is 5.57. The smallest absolute Gasteiger partial charge is 0.251 e. The summed E-state index contributed by atoms with van der Waals surface area (Å²) in [5.74, 6) is 1.36. The number of imidazole rings is 1. The first-order chi connectivity index (χ1) is 11.1. The molecule has 0 saturated carbocycles. The van der Waals surface area contributed by atoms with Gasteiger partial charge in [-0.3, -0.25) is 4.79 Å². The first-order valence-electron chi connectivity index (χ1n) is 7.60. The molecule has 1 aromatic heterocycles. The lowest BCUT2D eigenvalue weighted by atomic mass is 10.2. The third-order valence-corrected chi connectivity index (χ3v) is 3.34. The zero-order chi connectivity index (χ0) is 16.2. The first kappa shape index (κ1) is 15.1. The third-order valence-electron chi connectivity index (χ3n) is 3.34. The minimum Gasteiger partial charge on any atom is -0.491 e. The number of nitrogens with zero attached hydrogens (tertiary/aromatic N) is 1. The Morgan fingerprint density at radius 1 is 1.17 bits per heavy atom. The van der Waals surface area contributed by atoms with Crippen molar-refractivity contribution in [3.05, 3.63) is 59.9 Å². The second-order valence-corrected chi connectivity index (χ2v) is 5.57. The van der Waals surface area contributed by atoms with Gasteiger partial charge in [0.2, 0.25) is 0 Å². The van der Waals surface area contributed by atoms with Crippen LogP contribution in [-0.2, 0) is 6.54 Å². The molecule has 0 bridgehead atoms. The number of carbonyl (C=O) groups is 1. The Morgan fingerprint density at radius 2 is 1.91 bits per heavy atom. The Balaban J connectivity index is 1.62. The molecule has 0 spiro atoms. The van der Waals surface area contributed by atoms with Crippen LogP contribution in [0.15, 0.2) is 48.5 Å². The Hall–Kier alpha value is -2.82. The van der Waals surface area contributed by atoms with Crippen LogP contribution in [0, 0.1) is 0 Å². The number of aromatic nitrogens is 2.